The van der Waals surface area contributed by atoms with Crippen molar-refractivity contribution in [1.82, 2.24) is 20.3 Å². The summed E-state index contributed by atoms with van der Waals surface area (Å²) in [5, 5.41) is 30.4. The van der Waals surface area contributed by atoms with E-state index in [2.05, 4.69) is 36.2 Å². The summed E-state index contributed by atoms with van der Waals surface area (Å²) < 4.78 is 11.2. The van der Waals surface area contributed by atoms with Gasteiger partial charge in [-0.15, -0.1) is 0 Å². The molecule has 4 rings (SSSR count). The number of aliphatic hydroxyl groups excluding tert-OH is 1. The number of hydrogen-bond acceptors (Lipinski definition) is 12. The van der Waals surface area contributed by atoms with Gasteiger partial charge in [-0.05, 0) is 55.0 Å². The lowest BCUT2D eigenvalue weighted by Gasteiger charge is -2.12. The van der Waals surface area contributed by atoms with Gasteiger partial charge in [0.1, 0.15) is 5.75 Å². The zero-order valence-corrected chi connectivity index (χ0v) is 24.7. The van der Waals surface area contributed by atoms with Crippen molar-refractivity contribution in [3.63, 3.8) is 0 Å². The standard InChI is InChI=1S/C32H37N7O6/c40-18-16-33-29(43)24-8-10-25(11-9-24)35-31-37-30(38-32(39-31)36-26-12-14-27(41)15-13-26)34-17-20-45-22-21-44-19-4-7-28(42)23-5-2-1-3-6-23/h1-3,5-6,8-15,40-41H,4,7,16-22H2,(H,33,43)(H3,34,35,36,37,38,39). The van der Waals surface area contributed by atoms with Gasteiger partial charge >= 0.3 is 0 Å². The van der Waals surface area contributed by atoms with Gasteiger partial charge in [0.2, 0.25) is 17.8 Å². The summed E-state index contributed by atoms with van der Waals surface area (Å²) in [6.45, 7) is 2.14. The van der Waals surface area contributed by atoms with Crippen LogP contribution in [0.2, 0.25) is 0 Å². The fourth-order valence-corrected chi connectivity index (χ4v) is 4.01. The summed E-state index contributed by atoms with van der Waals surface area (Å²) in [6.07, 6.45) is 1.09. The number of amides is 1. The number of aromatic hydroxyl groups is 1. The van der Waals surface area contributed by atoms with Gasteiger partial charge in [-0.25, -0.2) is 0 Å². The Balaban J connectivity index is 1.24. The number of ketones is 1. The van der Waals surface area contributed by atoms with E-state index in [9.17, 15) is 14.7 Å². The van der Waals surface area contributed by atoms with Crippen LogP contribution >= 0.6 is 0 Å². The molecule has 0 atom stereocenters. The number of phenols is 1. The average Bonchev–Trinajstić information content (AvgIpc) is 3.06. The molecule has 0 spiro atoms. The van der Waals surface area contributed by atoms with E-state index in [1.54, 1.807) is 48.5 Å². The van der Waals surface area contributed by atoms with E-state index in [1.165, 1.54) is 0 Å². The first-order valence-electron chi connectivity index (χ1n) is 14.6. The van der Waals surface area contributed by atoms with Gasteiger partial charge in [-0.1, -0.05) is 30.3 Å². The minimum atomic E-state index is -0.285. The van der Waals surface area contributed by atoms with Gasteiger partial charge in [0.25, 0.3) is 5.91 Å². The lowest BCUT2D eigenvalue weighted by molar-refractivity contribution is 0.0497. The topological polar surface area (TPSA) is 180 Å². The van der Waals surface area contributed by atoms with E-state index in [0.29, 0.717) is 74.3 Å². The van der Waals surface area contributed by atoms with Gasteiger partial charge in [0, 0.05) is 48.6 Å². The number of carbonyl (C=O) groups is 2. The van der Waals surface area contributed by atoms with Crippen LogP contribution < -0.4 is 21.3 Å². The number of phenolic OH excluding ortho intramolecular Hbond substituents is 1. The average molecular weight is 616 g/mol. The summed E-state index contributed by atoms with van der Waals surface area (Å²) in [4.78, 5) is 37.6. The highest BCUT2D eigenvalue weighted by Crippen LogP contribution is 2.21. The fourth-order valence-electron chi connectivity index (χ4n) is 4.01. The quantitative estimate of drug-likeness (QED) is 0.0510. The van der Waals surface area contributed by atoms with Crippen molar-refractivity contribution < 1.29 is 29.3 Å². The van der Waals surface area contributed by atoms with Crippen molar-refractivity contribution in [2.45, 2.75) is 12.8 Å². The van der Waals surface area contributed by atoms with Crippen LogP contribution in [0.3, 0.4) is 0 Å². The number of ether oxygens (including phenoxy) is 2. The van der Waals surface area contributed by atoms with Crippen molar-refractivity contribution >= 4 is 40.9 Å². The van der Waals surface area contributed by atoms with E-state index < -0.39 is 0 Å². The zero-order valence-electron chi connectivity index (χ0n) is 24.7. The number of aliphatic hydroxyl groups is 1. The van der Waals surface area contributed by atoms with Crippen LogP contribution in [0.5, 0.6) is 5.75 Å². The van der Waals surface area contributed by atoms with Gasteiger partial charge < -0.3 is 41.0 Å². The number of aromatic nitrogens is 3. The summed E-state index contributed by atoms with van der Waals surface area (Å²) in [6, 6.07) is 22.4. The molecule has 13 heteroatoms. The van der Waals surface area contributed by atoms with E-state index in [1.807, 2.05) is 30.3 Å². The Hall–Kier alpha value is -5.11. The Bertz CT molecular complexity index is 1490. The second kappa shape index (κ2) is 17.9. The molecule has 0 unspecified atom stereocenters. The lowest BCUT2D eigenvalue weighted by atomic mass is 10.1. The van der Waals surface area contributed by atoms with E-state index in [4.69, 9.17) is 14.6 Å². The van der Waals surface area contributed by atoms with Crippen molar-refractivity contribution in [2.24, 2.45) is 0 Å². The van der Waals surface area contributed by atoms with Gasteiger partial charge in [-0.2, -0.15) is 15.0 Å². The maximum absolute atomic E-state index is 12.1. The minimum Gasteiger partial charge on any atom is -0.508 e. The van der Waals surface area contributed by atoms with E-state index in [0.717, 1.165) is 0 Å². The molecule has 236 valence electrons. The molecule has 6 N–H and O–H groups in total. The molecule has 13 nitrogen and oxygen atoms in total. The number of benzene rings is 3. The van der Waals surface area contributed by atoms with Crippen LogP contribution in [-0.2, 0) is 9.47 Å². The second-order valence-electron chi connectivity index (χ2n) is 9.70. The molecule has 4 aromatic rings. The highest BCUT2D eigenvalue weighted by molar-refractivity contribution is 5.96. The number of Topliss-reactive ketones (excluding diaryl/α,β-unsaturated/α-hetero) is 1. The fraction of sp³-hybridized carbons (Fsp3) is 0.281. The molecule has 0 aliphatic rings. The molecule has 0 fully saturated rings. The Morgan fingerprint density at radius 1 is 0.667 bits per heavy atom. The maximum atomic E-state index is 12.1. The Morgan fingerprint density at radius 2 is 1.27 bits per heavy atom. The van der Waals surface area contributed by atoms with Gasteiger partial charge in [-0.3, -0.25) is 9.59 Å². The van der Waals surface area contributed by atoms with Crippen molar-refractivity contribution in [3.8, 4) is 5.75 Å². The molecule has 0 bridgehead atoms. The SMILES string of the molecule is O=C(CCCOCCOCCNc1nc(Nc2ccc(O)cc2)nc(Nc2ccc(C(=O)NCCO)cc2)n1)c1ccccc1. The first-order chi connectivity index (χ1) is 22.0. The minimum absolute atomic E-state index is 0.108. The van der Waals surface area contributed by atoms with Crippen LogP contribution in [-0.4, -0.2) is 83.0 Å². The number of anilines is 5. The predicted octanol–water partition coefficient (Wildman–Crippen LogP) is 3.89. The van der Waals surface area contributed by atoms with Crippen molar-refractivity contribution in [1.29, 1.82) is 0 Å². The molecule has 1 aromatic heterocycles. The first kappa shape index (κ1) is 32.8. The first-order valence-corrected chi connectivity index (χ1v) is 14.6. The number of carbonyl (C=O) groups excluding carboxylic acids is 2. The Kier molecular flexibility index (Phi) is 13.0. The van der Waals surface area contributed by atoms with Crippen LogP contribution in [0, 0.1) is 0 Å². The molecule has 3 aromatic carbocycles. The maximum Gasteiger partial charge on any atom is 0.251 e. The summed E-state index contributed by atoms with van der Waals surface area (Å²) in [5.41, 5.74) is 2.48. The molecule has 0 aliphatic heterocycles. The largest absolute Gasteiger partial charge is 0.508 e. The number of hydrogen-bond donors (Lipinski definition) is 6. The van der Waals surface area contributed by atoms with Crippen LogP contribution in [0.25, 0.3) is 0 Å². The number of rotatable bonds is 19. The van der Waals surface area contributed by atoms with Crippen molar-refractivity contribution in [3.05, 3.63) is 90.0 Å². The van der Waals surface area contributed by atoms with Crippen molar-refractivity contribution in [2.75, 3.05) is 62.1 Å². The highest BCUT2D eigenvalue weighted by Gasteiger charge is 2.10. The lowest BCUT2D eigenvalue weighted by Crippen LogP contribution is -2.26. The highest BCUT2D eigenvalue weighted by atomic mass is 16.5. The van der Waals surface area contributed by atoms with Crippen LogP contribution in [0.1, 0.15) is 33.6 Å². The molecule has 0 aliphatic carbocycles. The van der Waals surface area contributed by atoms with E-state index in [-0.39, 0.29) is 42.5 Å². The van der Waals surface area contributed by atoms with Crippen LogP contribution in [0.4, 0.5) is 29.2 Å². The normalized spacial score (nSPS) is 10.7. The monoisotopic (exact) mass is 615 g/mol. The summed E-state index contributed by atoms with van der Waals surface area (Å²) >= 11 is 0. The Morgan fingerprint density at radius 3 is 1.91 bits per heavy atom. The molecule has 1 heterocycles. The summed E-state index contributed by atoms with van der Waals surface area (Å²) in [5.74, 6) is 0.783. The third-order valence-electron chi connectivity index (χ3n) is 6.25. The third kappa shape index (κ3) is 11.5. The molecule has 1 amide bonds. The molecular weight excluding hydrogens is 578 g/mol. The second-order valence-corrected chi connectivity index (χ2v) is 9.70. The van der Waals surface area contributed by atoms with Crippen LogP contribution in [0.15, 0.2) is 78.9 Å². The summed E-state index contributed by atoms with van der Waals surface area (Å²) in [7, 11) is 0. The molecule has 0 radical (unpaired) electrons. The molecule has 0 saturated carbocycles. The Labute approximate surface area is 261 Å². The third-order valence-corrected chi connectivity index (χ3v) is 6.25. The predicted molar refractivity (Wildman–Crippen MR) is 170 cm³/mol. The van der Waals surface area contributed by atoms with E-state index >= 15 is 0 Å². The molecule has 45 heavy (non-hydrogen) atoms. The number of nitrogens with one attached hydrogen (secondary N) is 4. The molecular formula is C32H37N7O6. The number of nitrogens with zero attached hydrogens (tertiary/aromatic N) is 3. The smallest absolute Gasteiger partial charge is 0.251 e. The molecule has 0 saturated heterocycles. The van der Waals surface area contributed by atoms with Gasteiger partial charge in [0.15, 0.2) is 5.78 Å². The zero-order chi connectivity index (χ0) is 31.7. The van der Waals surface area contributed by atoms with Gasteiger partial charge in [0.05, 0.1) is 26.4 Å².